The molecule has 0 bridgehead atoms. The van der Waals surface area contributed by atoms with Crippen molar-refractivity contribution in [2.75, 3.05) is 19.8 Å². The van der Waals surface area contributed by atoms with Crippen LogP contribution in [0.4, 0.5) is 4.39 Å². The Morgan fingerprint density at radius 3 is 2.48 bits per heavy atom. The smallest absolute Gasteiger partial charge is 0.0967 e. The van der Waals surface area contributed by atoms with Crippen molar-refractivity contribution in [3.63, 3.8) is 0 Å². The van der Waals surface area contributed by atoms with Crippen molar-refractivity contribution in [2.24, 2.45) is 0 Å². The first-order valence-electron chi connectivity index (χ1n) is 9.36. The molecule has 0 aromatic heterocycles. The molecule has 2 aromatic rings. The van der Waals surface area contributed by atoms with Gasteiger partial charge in [0.15, 0.2) is 0 Å². The van der Waals surface area contributed by atoms with Gasteiger partial charge in [0.05, 0.1) is 18.4 Å². The maximum absolute atomic E-state index is 13.0. The fourth-order valence-electron chi connectivity index (χ4n) is 4.51. The molecule has 1 spiro atoms. The number of hydrogen-bond acceptors (Lipinski definition) is 2. The molecule has 132 valence electrons. The standard InChI is InChI=1S/C22H26FNO/c1-17(18-7-3-2-4-8-18)24-15-12-22(13-16-24)20-10-6-5-9-19(20)21(25-22)11-14-23/h2-10,17,21H,11-16H2,1H3. The molecule has 2 unspecified atom stereocenters. The van der Waals surface area contributed by atoms with E-state index in [1.807, 2.05) is 6.07 Å². The first-order chi connectivity index (χ1) is 12.2. The number of piperidine rings is 1. The number of halogens is 1. The number of ether oxygens (including phenoxy) is 1. The molecule has 2 heterocycles. The Labute approximate surface area is 149 Å². The van der Waals surface area contributed by atoms with Gasteiger partial charge in [-0.05, 0) is 36.5 Å². The second kappa shape index (κ2) is 6.89. The topological polar surface area (TPSA) is 12.5 Å². The summed E-state index contributed by atoms with van der Waals surface area (Å²) in [6.07, 6.45) is 2.33. The fraction of sp³-hybridized carbons (Fsp3) is 0.455. The Hall–Kier alpha value is -1.71. The van der Waals surface area contributed by atoms with Crippen LogP contribution >= 0.6 is 0 Å². The average molecular weight is 339 g/mol. The third-order valence-electron chi connectivity index (χ3n) is 5.97. The van der Waals surface area contributed by atoms with Crippen molar-refractivity contribution in [2.45, 2.75) is 43.9 Å². The Bertz CT molecular complexity index is 709. The van der Waals surface area contributed by atoms with Crippen molar-refractivity contribution >= 4 is 0 Å². The van der Waals surface area contributed by atoms with Crippen molar-refractivity contribution in [3.05, 3.63) is 71.3 Å². The molecule has 1 fully saturated rings. The lowest BCUT2D eigenvalue weighted by Gasteiger charge is -2.42. The average Bonchev–Trinajstić information content (AvgIpc) is 2.97. The van der Waals surface area contributed by atoms with Gasteiger partial charge in [-0.2, -0.15) is 0 Å². The maximum atomic E-state index is 13.0. The molecule has 3 heteroatoms. The van der Waals surface area contributed by atoms with E-state index in [0.717, 1.165) is 25.9 Å². The van der Waals surface area contributed by atoms with Gasteiger partial charge in [-0.3, -0.25) is 9.29 Å². The molecule has 2 aromatic carbocycles. The molecule has 0 radical (unpaired) electrons. The molecule has 1 saturated heterocycles. The maximum Gasteiger partial charge on any atom is 0.0967 e. The Kier molecular flexibility index (Phi) is 4.61. The summed E-state index contributed by atoms with van der Waals surface area (Å²) in [5.41, 5.74) is 3.63. The van der Waals surface area contributed by atoms with Crippen LogP contribution in [0.5, 0.6) is 0 Å². The van der Waals surface area contributed by atoms with Gasteiger partial charge in [-0.15, -0.1) is 0 Å². The summed E-state index contributed by atoms with van der Waals surface area (Å²) in [7, 11) is 0. The number of rotatable bonds is 4. The SMILES string of the molecule is CC(c1ccccc1)N1CCC2(CC1)OC(CCF)c1ccccc12. The molecule has 25 heavy (non-hydrogen) atoms. The minimum absolute atomic E-state index is 0.0840. The van der Waals surface area contributed by atoms with Crippen molar-refractivity contribution in [3.8, 4) is 0 Å². The van der Waals surface area contributed by atoms with E-state index in [2.05, 4.69) is 60.4 Å². The van der Waals surface area contributed by atoms with Gasteiger partial charge in [0.2, 0.25) is 0 Å². The number of hydrogen-bond donors (Lipinski definition) is 0. The van der Waals surface area contributed by atoms with Gasteiger partial charge in [-0.25, -0.2) is 0 Å². The molecular formula is C22H26FNO. The Morgan fingerprint density at radius 2 is 1.76 bits per heavy atom. The molecule has 0 aliphatic carbocycles. The van der Waals surface area contributed by atoms with Gasteiger partial charge in [0.25, 0.3) is 0 Å². The van der Waals surface area contributed by atoms with Crippen molar-refractivity contribution in [1.29, 1.82) is 0 Å². The highest BCUT2D eigenvalue weighted by atomic mass is 19.1. The van der Waals surface area contributed by atoms with E-state index < -0.39 is 0 Å². The van der Waals surface area contributed by atoms with E-state index >= 15 is 0 Å². The van der Waals surface area contributed by atoms with Crippen LogP contribution in [-0.4, -0.2) is 24.7 Å². The van der Waals surface area contributed by atoms with E-state index in [1.54, 1.807) is 0 Å². The lowest BCUT2D eigenvalue weighted by atomic mass is 9.83. The number of likely N-dealkylation sites (tertiary alicyclic amines) is 1. The Balaban J connectivity index is 1.51. The zero-order valence-corrected chi connectivity index (χ0v) is 14.8. The highest BCUT2D eigenvalue weighted by Crippen LogP contribution is 2.50. The highest BCUT2D eigenvalue weighted by Gasteiger charge is 2.46. The zero-order valence-electron chi connectivity index (χ0n) is 14.8. The van der Waals surface area contributed by atoms with E-state index in [1.165, 1.54) is 16.7 Å². The minimum Gasteiger partial charge on any atom is -0.362 e. The summed E-state index contributed by atoms with van der Waals surface area (Å²) in [6.45, 7) is 3.97. The normalized spacial score (nSPS) is 23.5. The van der Waals surface area contributed by atoms with Crippen LogP contribution in [0.15, 0.2) is 54.6 Å². The zero-order chi connectivity index (χ0) is 17.3. The lowest BCUT2D eigenvalue weighted by molar-refractivity contribution is -0.116. The summed E-state index contributed by atoms with van der Waals surface area (Å²) in [5, 5.41) is 0. The predicted octanol–water partition coefficient (Wildman–Crippen LogP) is 5.17. The quantitative estimate of drug-likeness (QED) is 0.762. The first-order valence-corrected chi connectivity index (χ1v) is 9.36. The van der Waals surface area contributed by atoms with E-state index in [0.29, 0.717) is 12.5 Å². The van der Waals surface area contributed by atoms with Crippen molar-refractivity contribution in [1.82, 2.24) is 4.90 Å². The van der Waals surface area contributed by atoms with Gasteiger partial charge >= 0.3 is 0 Å². The third-order valence-corrected chi connectivity index (χ3v) is 5.97. The van der Waals surface area contributed by atoms with Crippen LogP contribution in [0, 0.1) is 0 Å². The number of benzene rings is 2. The molecular weight excluding hydrogens is 313 g/mol. The molecule has 4 rings (SSSR count). The highest BCUT2D eigenvalue weighted by molar-refractivity contribution is 5.38. The molecule has 2 aliphatic heterocycles. The monoisotopic (exact) mass is 339 g/mol. The Morgan fingerprint density at radius 1 is 1.08 bits per heavy atom. The molecule has 2 nitrogen and oxygen atoms in total. The summed E-state index contributed by atoms with van der Waals surface area (Å²) in [6, 6.07) is 19.5. The number of fused-ring (bicyclic) bond motifs is 2. The van der Waals surface area contributed by atoms with Crippen molar-refractivity contribution < 1.29 is 9.13 Å². The summed E-state index contributed by atoms with van der Waals surface area (Å²) in [5.74, 6) is 0. The molecule has 0 N–H and O–H groups in total. The van der Waals surface area contributed by atoms with Crippen LogP contribution in [0.3, 0.4) is 0 Å². The molecule has 2 aliphatic rings. The van der Waals surface area contributed by atoms with Crippen LogP contribution in [0.25, 0.3) is 0 Å². The van der Waals surface area contributed by atoms with E-state index in [9.17, 15) is 4.39 Å². The summed E-state index contributed by atoms with van der Waals surface area (Å²) in [4.78, 5) is 2.54. The second-order valence-electron chi connectivity index (χ2n) is 7.29. The van der Waals surface area contributed by atoms with Crippen LogP contribution in [-0.2, 0) is 10.3 Å². The first kappa shape index (κ1) is 16.7. The van der Waals surface area contributed by atoms with Gasteiger partial charge in [0.1, 0.15) is 0 Å². The molecule has 0 saturated carbocycles. The molecule has 2 atom stereocenters. The second-order valence-corrected chi connectivity index (χ2v) is 7.29. The number of nitrogens with zero attached hydrogens (tertiary/aromatic N) is 1. The minimum atomic E-state index is -0.327. The lowest BCUT2D eigenvalue weighted by Crippen LogP contribution is -2.43. The van der Waals surface area contributed by atoms with E-state index in [-0.39, 0.29) is 18.4 Å². The fourth-order valence-corrected chi connectivity index (χ4v) is 4.51. The van der Waals surface area contributed by atoms with Crippen LogP contribution in [0.1, 0.15) is 55.0 Å². The largest absolute Gasteiger partial charge is 0.362 e. The number of alkyl halides is 1. The van der Waals surface area contributed by atoms with Crippen LogP contribution < -0.4 is 0 Å². The third kappa shape index (κ3) is 3.00. The van der Waals surface area contributed by atoms with E-state index in [4.69, 9.17) is 4.74 Å². The summed E-state index contributed by atoms with van der Waals surface area (Å²) >= 11 is 0. The van der Waals surface area contributed by atoms with Crippen LogP contribution in [0.2, 0.25) is 0 Å². The summed E-state index contributed by atoms with van der Waals surface area (Å²) < 4.78 is 19.4. The molecule has 0 amide bonds. The van der Waals surface area contributed by atoms with Gasteiger partial charge in [0, 0.05) is 25.6 Å². The van der Waals surface area contributed by atoms with Gasteiger partial charge in [-0.1, -0.05) is 54.6 Å². The van der Waals surface area contributed by atoms with Gasteiger partial charge < -0.3 is 4.74 Å². The predicted molar refractivity (Wildman–Crippen MR) is 98.2 cm³/mol.